The van der Waals surface area contributed by atoms with Gasteiger partial charge in [-0.1, -0.05) is 60.4 Å². The highest BCUT2D eigenvalue weighted by molar-refractivity contribution is 8.15. The van der Waals surface area contributed by atoms with Gasteiger partial charge in [-0.15, -0.1) is 10.2 Å². The third kappa shape index (κ3) is 9.06. The van der Waals surface area contributed by atoms with Gasteiger partial charge in [-0.2, -0.15) is 0 Å². The summed E-state index contributed by atoms with van der Waals surface area (Å²) in [5.41, 5.74) is 2.98. The Morgan fingerprint density at radius 3 is 2.26 bits per heavy atom. The monoisotopic (exact) mass is 619 g/mol. The Labute approximate surface area is 262 Å². The van der Waals surface area contributed by atoms with Crippen LogP contribution in [0, 0.1) is 5.92 Å². The summed E-state index contributed by atoms with van der Waals surface area (Å²) >= 11 is 3.29. The Morgan fingerprint density at radius 2 is 1.60 bits per heavy atom. The number of aliphatic imine (C=N–C) groups is 1. The topological polar surface area (TPSA) is 97.7 Å². The summed E-state index contributed by atoms with van der Waals surface area (Å²) in [5, 5.41) is 17.8. The van der Waals surface area contributed by atoms with Crippen molar-refractivity contribution >= 4 is 39.3 Å². The SMILES string of the molecule is C=C(Cc1cccc(OC(C)C)c1)NC1=NC([C@H]2CCC[C@H](c3nnc(NC(=O)Cc4cccc(OC(C)C)c4)s3)C2)S1. The van der Waals surface area contributed by atoms with Crippen molar-refractivity contribution in [3.8, 4) is 11.5 Å². The molecule has 1 fully saturated rings. The fourth-order valence-corrected chi connectivity index (χ4v) is 7.40. The first-order valence-corrected chi connectivity index (χ1v) is 16.7. The van der Waals surface area contributed by atoms with Gasteiger partial charge < -0.3 is 20.1 Å². The molecule has 3 aromatic rings. The Bertz CT molecular complexity index is 1450. The zero-order valence-electron chi connectivity index (χ0n) is 25.3. The van der Waals surface area contributed by atoms with Gasteiger partial charge in [0, 0.05) is 18.0 Å². The van der Waals surface area contributed by atoms with Crippen LogP contribution in [0.25, 0.3) is 0 Å². The molecule has 2 N–H and O–H groups in total. The van der Waals surface area contributed by atoms with E-state index in [2.05, 4.69) is 39.5 Å². The molecular weight excluding hydrogens is 579 g/mol. The van der Waals surface area contributed by atoms with Gasteiger partial charge in [0.25, 0.3) is 0 Å². The van der Waals surface area contributed by atoms with E-state index >= 15 is 0 Å². The molecule has 2 aliphatic rings. The molecular formula is C33H41N5O3S2. The summed E-state index contributed by atoms with van der Waals surface area (Å²) < 4.78 is 11.6. The maximum atomic E-state index is 12.7. The lowest BCUT2D eigenvalue weighted by molar-refractivity contribution is -0.115. The molecule has 2 heterocycles. The third-order valence-corrected chi connectivity index (χ3v) is 9.40. The highest BCUT2D eigenvalue weighted by atomic mass is 32.2. The lowest BCUT2D eigenvalue weighted by atomic mass is 9.81. The van der Waals surface area contributed by atoms with Crippen molar-refractivity contribution < 1.29 is 14.3 Å². The molecule has 1 aromatic heterocycles. The molecule has 0 bridgehead atoms. The average Bonchev–Trinajstić information content (AvgIpc) is 3.38. The normalized spacial score (nSPS) is 19.9. The number of rotatable bonds is 12. The number of ether oxygens (including phenoxy) is 2. The summed E-state index contributed by atoms with van der Waals surface area (Å²) in [6, 6.07) is 15.8. The molecule has 3 atom stereocenters. The minimum Gasteiger partial charge on any atom is -0.491 e. The number of carbonyl (C=O) groups excluding carboxylic acids is 1. The van der Waals surface area contributed by atoms with Crippen molar-refractivity contribution in [1.82, 2.24) is 15.5 Å². The first-order valence-electron chi connectivity index (χ1n) is 15.0. The van der Waals surface area contributed by atoms with Crippen LogP contribution >= 0.6 is 23.1 Å². The molecule has 0 radical (unpaired) electrons. The Morgan fingerprint density at radius 1 is 0.953 bits per heavy atom. The van der Waals surface area contributed by atoms with E-state index in [0.717, 1.165) is 70.6 Å². The predicted octanol–water partition coefficient (Wildman–Crippen LogP) is 7.34. The van der Waals surface area contributed by atoms with E-state index in [9.17, 15) is 4.79 Å². The van der Waals surface area contributed by atoms with Crippen LogP contribution in [-0.2, 0) is 17.6 Å². The summed E-state index contributed by atoms with van der Waals surface area (Å²) in [5.74, 6) is 2.38. The fourth-order valence-electron chi connectivity index (χ4n) is 5.45. The van der Waals surface area contributed by atoms with Crippen LogP contribution in [0.1, 0.15) is 75.4 Å². The van der Waals surface area contributed by atoms with E-state index in [-0.39, 0.29) is 29.9 Å². The first-order chi connectivity index (χ1) is 20.7. The molecule has 43 heavy (non-hydrogen) atoms. The second kappa shape index (κ2) is 14.4. The zero-order chi connectivity index (χ0) is 30.3. The van der Waals surface area contributed by atoms with Gasteiger partial charge in [-0.05, 0) is 88.3 Å². The van der Waals surface area contributed by atoms with E-state index in [1.54, 1.807) is 11.8 Å². The Kier molecular flexibility index (Phi) is 10.4. The summed E-state index contributed by atoms with van der Waals surface area (Å²) in [4.78, 5) is 17.6. The largest absolute Gasteiger partial charge is 0.491 e. The first kappa shape index (κ1) is 31.1. The number of aromatic nitrogens is 2. The van der Waals surface area contributed by atoms with Crippen LogP contribution in [-0.4, -0.2) is 38.9 Å². The second-order valence-electron chi connectivity index (χ2n) is 11.8. The van der Waals surface area contributed by atoms with Gasteiger partial charge >= 0.3 is 0 Å². The number of hydrogen-bond acceptors (Lipinski definition) is 9. The molecule has 1 aliphatic carbocycles. The number of amides is 1. The fraction of sp³-hybridized carbons (Fsp3) is 0.455. The number of hydrogen-bond donors (Lipinski definition) is 2. The van der Waals surface area contributed by atoms with E-state index < -0.39 is 0 Å². The van der Waals surface area contributed by atoms with E-state index in [1.165, 1.54) is 11.3 Å². The van der Waals surface area contributed by atoms with Crippen LogP contribution in [0.4, 0.5) is 5.13 Å². The van der Waals surface area contributed by atoms with E-state index in [4.69, 9.17) is 14.5 Å². The molecule has 1 aliphatic heterocycles. The molecule has 2 aromatic carbocycles. The molecule has 228 valence electrons. The van der Waals surface area contributed by atoms with Crippen molar-refractivity contribution in [3.05, 3.63) is 76.9 Å². The van der Waals surface area contributed by atoms with Crippen molar-refractivity contribution in [2.45, 2.75) is 89.7 Å². The standard InChI is InChI=1S/C33H41N5O3S2/c1-20(2)40-27-13-6-9-23(16-27)15-22(5)34-32-36-30(42-32)25-11-8-12-26(19-25)31-37-38-33(43-31)35-29(39)18-24-10-7-14-28(17-24)41-21(3)4/h6-7,9-10,13-14,16-17,20-21,25-26,30H,5,8,11-12,15,18-19H2,1-4H3,(H,34,36)(H,35,38,39)/t25-,26-,30?/m0/s1. The maximum Gasteiger partial charge on any atom is 0.230 e. The molecule has 1 saturated carbocycles. The molecule has 8 nitrogen and oxygen atoms in total. The number of anilines is 1. The van der Waals surface area contributed by atoms with Crippen LogP contribution in [0.5, 0.6) is 11.5 Å². The summed E-state index contributed by atoms with van der Waals surface area (Å²) in [6.45, 7) is 12.2. The van der Waals surface area contributed by atoms with E-state index in [1.807, 2.05) is 64.1 Å². The van der Waals surface area contributed by atoms with Crippen LogP contribution < -0.4 is 20.1 Å². The molecule has 0 spiro atoms. The van der Waals surface area contributed by atoms with Gasteiger partial charge in [0.1, 0.15) is 21.9 Å². The number of amidine groups is 1. The van der Waals surface area contributed by atoms with Gasteiger partial charge in [0.2, 0.25) is 11.0 Å². The van der Waals surface area contributed by atoms with Gasteiger partial charge in [0.05, 0.1) is 18.6 Å². The molecule has 5 rings (SSSR count). The average molecular weight is 620 g/mol. The highest BCUT2D eigenvalue weighted by Gasteiger charge is 2.36. The highest BCUT2D eigenvalue weighted by Crippen LogP contribution is 2.45. The van der Waals surface area contributed by atoms with Crippen LogP contribution in [0.2, 0.25) is 0 Å². The maximum absolute atomic E-state index is 12.7. The summed E-state index contributed by atoms with van der Waals surface area (Å²) in [7, 11) is 0. The van der Waals surface area contributed by atoms with Crippen molar-refractivity contribution in [3.63, 3.8) is 0 Å². The molecule has 10 heteroatoms. The number of allylic oxidation sites excluding steroid dienone is 1. The zero-order valence-corrected chi connectivity index (χ0v) is 27.0. The molecule has 1 unspecified atom stereocenters. The van der Waals surface area contributed by atoms with Gasteiger partial charge in [-0.3, -0.25) is 4.79 Å². The number of carbonyl (C=O) groups is 1. The number of benzene rings is 2. The number of nitrogens with zero attached hydrogens (tertiary/aromatic N) is 3. The summed E-state index contributed by atoms with van der Waals surface area (Å²) in [6.07, 6.45) is 5.63. The number of thioether (sulfide) groups is 1. The van der Waals surface area contributed by atoms with E-state index in [0.29, 0.717) is 17.0 Å². The lowest BCUT2D eigenvalue weighted by Crippen LogP contribution is -2.35. The number of nitrogens with one attached hydrogen (secondary N) is 2. The quantitative estimate of drug-likeness (QED) is 0.219. The van der Waals surface area contributed by atoms with Crippen molar-refractivity contribution in [1.29, 1.82) is 0 Å². The minimum atomic E-state index is -0.107. The van der Waals surface area contributed by atoms with Crippen LogP contribution in [0.15, 0.2) is 65.8 Å². The van der Waals surface area contributed by atoms with Crippen LogP contribution in [0.3, 0.4) is 0 Å². The molecule has 0 saturated heterocycles. The van der Waals surface area contributed by atoms with Gasteiger partial charge in [-0.25, -0.2) is 4.99 Å². The van der Waals surface area contributed by atoms with Crippen molar-refractivity contribution in [2.75, 3.05) is 5.32 Å². The minimum absolute atomic E-state index is 0.0844. The third-order valence-electron chi connectivity index (χ3n) is 7.24. The smallest absolute Gasteiger partial charge is 0.230 e. The Hall–Kier alpha value is -3.37. The van der Waals surface area contributed by atoms with Gasteiger partial charge in [0.15, 0.2) is 5.17 Å². The lowest BCUT2D eigenvalue weighted by Gasteiger charge is -2.36. The predicted molar refractivity (Wildman–Crippen MR) is 176 cm³/mol. The van der Waals surface area contributed by atoms with Crippen molar-refractivity contribution in [2.24, 2.45) is 10.9 Å². The Balaban J connectivity index is 1.09. The molecule has 1 amide bonds. The second-order valence-corrected chi connectivity index (χ2v) is 13.9.